The molecule has 1 aliphatic heterocycles. The number of aryl methyl sites for hydroxylation is 2. The summed E-state index contributed by atoms with van der Waals surface area (Å²) in [5, 5.41) is 15.0. The Labute approximate surface area is 147 Å². The minimum Gasteiger partial charge on any atom is -0.383 e. The number of thiazole rings is 1. The van der Waals surface area contributed by atoms with E-state index in [9.17, 15) is 9.90 Å². The Hall–Kier alpha value is -1.02. The summed E-state index contributed by atoms with van der Waals surface area (Å²) in [6, 6.07) is 0. The summed E-state index contributed by atoms with van der Waals surface area (Å²) >= 11 is 1.77. The van der Waals surface area contributed by atoms with E-state index in [-0.39, 0.29) is 12.5 Å². The maximum atomic E-state index is 12.5. The fourth-order valence-electron chi connectivity index (χ4n) is 3.50. The summed E-state index contributed by atoms with van der Waals surface area (Å²) in [5.74, 6) is -0.184. The highest BCUT2D eigenvalue weighted by molar-refractivity contribution is 7.11. The first-order chi connectivity index (χ1) is 11.6. The van der Waals surface area contributed by atoms with Crippen LogP contribution in [0.1, 0.15) is 41.3 Å². The van der Waals surface area contributed by atoms with Gasteiger partial charge in [-0.3, -0.25) is 4.79 Å². The Kier molecular flexibility index (Phi) is 5.86. The van der Waals surface area contributed by atoms with Crippen molar-refractivity contribution in [1.82, 2.24) is 15.2 Å². The van der Waals surface area contributed by atoms with Crippen LogP contribution in [0, 0.1) is 0 Å². The molecule has 7 heteroatoms. The van der Waals surface area contributed by atoms with Crippen LogP contribution >= 0.6 is 11.3 Å². The number of hydrogen-bond donors (Lipinski definition) is 2. The Morgan fingerprint density at radius 1 is 1.38 bits per heavy atom. The van der Waals surface area contributed by atoms with E-state index in [0.29, 0.717) is 32.7 Å². The maximum Gasteiger partial charge on any atom is 0.255 e. The van der Waals surface area contributed by atoms with E-state index >= 15 is 0 Å². The van der Waals surface area contributed by atoms with Crippen molar-refractivity contribution in [1.29, 1.82) is 0 Å². The van der Waals surface area contributed by atoms with Gasteiger partial charge in [0.05, 0.1) is 12.3 Å². The van der Waals surface area contributed by atoms with Gasteiger partial charge in [-0.15, -0.1) is 11.3 Å². The Bertz CT molecular complexity index is 554. The number of rotatable bonds is 7. The van der Waals surface area contributed by atoms with Gasteiger partial charge < -0.3 is 20.1 Å². The smallest absolute Gasteiger partial charge is 0.255 e. The maximum absolute atomic E-state index is 12.5. The predicted molar refractivity (Wildman–Crippen MR) is 93.1 cm³/mol. The number of amides is 1. The van der Waals surface area contributed by atoms with Crippen molar-refractivity contribution in [3.63, 3.8) is 0 Å². The zero-order valence-electron chi connectivity index (χ0n) is 14.3. The van der Waals surface area contributed by atoms with Gasteiger partial charge in [0, 0.05) is 38.2 Å². The third kappa shape index (κ3) is 3.96. The Balaban J connectivity index is 1.53. The van der Waals surface area contributed by atoms with Gasteiger partial charge in [0.1, 0.15) is 5.01 Å². The second-order valence-electron chi connectivity index (χ2n) is 6.71. The minimum atomic E-state index is -1.30. The third-order valence-electron chi connectivity index (χ3n) is 4.85. The molecule has 1 amide bonds. The number of carbonyl (C=O) groups is 1. The number of aliphatic hydroxyl groups is 1. The topological polar surface area (TPSA) is 74.7 Å². The molecule has 0 saturated carbocycles. The number of methoxy groups -OCH3 is 1. The van der Waals surface area contributed by atoms with Gasteiger partial charge in [-0.2, -0.15) is 0 Å². The number of aromatic nitrogens is 1. The molecule has 2 heterocycles. The van der Waals surface area contributed by atoms with E-state index in [1.54, 1.807) is 23.3 Å². The van der Waals surface area contributed by atoms with Crippen LogP contribution in [-0.2, 0) is 28.9 Å². The number of nitrogens with zero attached hydrogens (tertiary/aromatic N) is 2. The number of piperidine rings is 1. The largest absolute Gasteiger partial charge is 0.383 e. The molecular weight excluding hydrogens is 326 g/mol. The molecule has 1 saturated heterocycles. The van der Waals surface area contributed by atoms with E-state index < -0.39 is 5.60 Å². The zero-order chi connectivity index (χ0) is 17.0. The zero-order valence-corrected chi connectivity index (χ0v) is 15.2. The van der Waals surface area contributed by atoms with Gasteiger partial charge in [-0.25, -0.2) is 4.98 Å². The molecule has 1 aromatic rings. The van der Waals surface area contributed by atoms with Crippen LogP contribution in [0.25, 0.3) is 0 Å². The van der Waals surface area contributed by atoms with Crippen LogP contribution in [0.4, 0.5) is 0 Å². The monoisotopic (exact) mass is 353 g/mol. The lowest BCUT2D eigenvalue weighted by Gasteiger charge is -2.38. The molecule has 3 rings (SSSR count). The van der Waals surface area contributed by atoms with Crippen molar-refractivity contribution in [2.24, 2.45) is 0 Å². The minimum absolute atomic E-state index is 0.184. The van der Waals surface area contributed by atoms with Crippen molar-refractivity contribution in [3.05, 3.63) is 15.6 Å². The summed E-state index contributed by atoms with van der Waals surface area (Å²) in [4.78, 5) is 20.3. The van der Waals surface area contributed by atoms with Crippen molar-refractivity contribution in [2.45, 2.75) is 50.7 Å². The van der Waals surface area contributed by atoms with E-state index in [4.69, 9.17) is 9.72 Å². The molecule has 6 nitrogen and oxygen atoms in total. The van der Waals surface area contributed by atoms with Gasteiger partial charge in [-0.1, -0.05) is 0 Å². The molecule has 1 fully saturated rings. The molecule has 0 bridgehead atoms. The molecule has 1 unspecified atom stereocenters. The van der Waals surface area contributed by atoms with Crippen molar-refractivity contribution < 1.29 is 14.6 Å². The van der Waals surface area contributed by atoms with Crippen LogP contribution in [0.5, 0.6) is 0 Å². The van der Waals surface area contributed by atoms with E-state index in [2.05, 4.69) is 5.32 Å². The quantitative estimate of drug-likeness (QED) is 0.768. The first kappa shape index (κ1) is 17.8. The third-order valence-corrected chi connectivity index (χ3v) is 6.01. The van der Waals surface area contributed by atoms with E-state index in [0.717, 1.165) is 24.3 Å². The standard InChI is InChI=1S/C17H27N3O3S/c1-23-10-9-20-8-4-7-17(22,16(20)21)12-18-11-15-19-13-5-2-3-6-14(13)24-15/h18,22H,2-12H2,1H3. The summed E-state index contributed by atoms with van der Waals surface area (Å²) in [7, 11) is 1.62. The Morgan fingerprint density at radius 2 is 2.21 bits per heavy atom. The average Bonchev–Trinajstić information content (AvgIpc) is 2.99. The molecule has 134 valence electrons. The van der Waals surface area contributed by atoms with Gasteiger partial charge in [0.25, 0.3) is 5.91 Å². The molecule has 1 aliphatic carbocycles. The summed E-state index contributed by atoms with van der Waals surface area (Å²) in [5.41, 5.74) is -0.0516. The van der Waals surface area contributed by atoms with E-state index in [1.165, 1.54) is 23.4 Å². The lowest BCUT2D eigenvalue weighted by molar-refractivity contribution is -0.157. The lowest BCUT2D eigenvalue weighted by atomic mass is 9.91. The molecule has 0 spiro atoms. The second kappa shape index (κ2) is 7.91. The molecule has 0 radical (unpaired) electrons. The molecule has 1 aromatic heterocycles. The first-order valence-corrected chi connectivity index (χ1v) is 9.63. The highest BCUT2D eigenvalue weighted by Gasteiger charge is 2.41. The molecule has 2 N–H and O–H groups in total. The Morgan fingerprint density at radius 3 is 3.00 bits per heavy atom. The van der Waals surface area contributed by atoms with Gasteiger partial charge >= 0.3 is 0 Å². The van der Waals surface area contributed by atoms with Crippen LogP contribution in [0.2, 0.25) is 0 Å². The number of likely N-dealkylation sites (tertiary alicyclic amines) is 1. The number of nitrogens with one attached hydrogen (secondary N) is 1. The lowest BCUT2D eigenvalue weighted by Crippen LogP contribution is -2.58. The molecule has 0 aromatic carbocycles. The van der Waals surface area contributed by atoms with Gasteiger partial charge in [-0.05, 0) is 38.5 Å². The van der Waals surface area contributed by atoms with Crippen molar-refractivity contribution >= 4 is 17.2 Å². The predicted octanol–water partition coefficient (Wildman–Crippen LogP) is 1.11. The highest BCUT2D eigenvalue weighted by atomic mass is 32.1. The average molecular weight is 353 g/mol. The van der Waals surface area contributed by atoms with Crippen molar-refractivity contribution in [3.8, 4) is 0 Å². The van der Waals surface area contributed by atoms with Crippen molar-refractivity contribution in [2.75, 3.05) is 33.4 Å². The fraction of sp³-hybridized carbons (Fsp3) is 0.765. The normalized spacial score (nSPS) is 24.2. The summed E-state index contributed by atoms with van der Waals surface area (Å²) in [6.07, 6.45) is 6.05. The van der Waals surface area contributed by atoms with Crippen LogP contribution in [0.15, 0.2) is 0 Å². The fourth-order valence-corrected chi connectivity index (χ4v) is 4.63. The summed E-state index contributed by atoms with van der Waals surface area (Å²) in [6.45, 7) is 2.63. The molecule has 2 aliphatic rings. The molecular formula is C17H27N3O3S. The number of hydrogen-bond acceptors (Lipinski definition) is 6. The van der Waals surface area contributed by atoms with Gasteiger partial charge in [0.15, 0.2) is 5.60 Å². The highest BCUT2D eigenvalue weighted by Crippen LogP contribution is 2.27. The number of carbonyl (C=O) groups excluding carboxylic acids is 1. The van der Waals surface area contributed by atoms with Crippen LogP contribution < -0.4 is 5.32 Å². The van der Waals surface area contributed by atoms with Gasteiger partial charge in [0.2, 0.25) is 0 Å². The number of fused-ring (bicyclic) bond motifs is 1. The first-order valence-electron chi connectivity index (χ1n) is 8.81. The molecule has 1 atom stereocenters. The SMILES string of the molecule is COCCN1CCCC(O)(CNCc2nc3c(s2)CCCC3)C1=O. The van der Waals surface area contributed by atoms with Crippen LogP contribution in [-0.4, -0.2) is 59.8 Å². The second-order valence-corrected chi connectivity index (χ2v) is 7.88. The van der Waals surface area contributed by atoms with E-state index in [1.807, 2.05) is 0 Å². The summed E-state index contributed by atoms with van der Waals surface area (Å²) < 4.78 is 5.04. The molecule has 24 heavy (non-hydrogen) atoms. The number of ether oxygens (including phenoxy) is 1. The van der Waals surface area contributed by atoms with Crippen LogP contribution in [0.3, 0.4) is 0 Å².